The Morgan fingerprint density at radius 3 is 2.00 bits per heavy atom. The molecule has 110 valence electrons. The Bertz CT molecular complexity index is 625. The summed E-state index contributed by atoms with van der Waals surface area (Å²) in [5, 5.41) is 0. The van der Waals surface area contributed by atoms with Gasteiger partial charge in [-0.05, 0) is 31.2 Å². The number of pyridine rings is 1. The largest absolute Gasteiger partial charge is 0.493 e. The first kappa shape index (κ1) is 14.8. The summed E-state index contributed by atoms with van der Waals surface area (Å²) in [6, 6.07) is 6.80. The van der Waals surface area contributed by atoms with Crippen LogP contribution in [0.5, 0.6) is 17.2 Å². The van der Waals surface area contributed by atoms with E-state index in [9.17, 15) is 4.79 Å². The highest BCUT2D eigenvalue weighted by Gasteiger charge is 2.18. The lowest BCUT2D eigenvalue weighted by molar-refractivity contribution is 0.103. The van der Waals surface area contributed by atoms with Crippen LogP contribution in [0, 0.1) is 6.92 Å². The van der Waals surface area contributed by atoms with Crippen molar-refractivity contribution < 1.29 is 19.0 Å². The van der Waals surface area contributed by atoms with Gasteiger partial charge in [0, 0.05) is 23.0 Å². The minimum absolute atomic E-state index is 0.151. The summed E-state index contributed by atoms with van der Waals surface area (Å²) in [4.78, 5) is 16.6. The fourth-order valence-electron chi connectivity index (χ4n) is 1.98. The highest BCUT2D eigenvalue weighted by molar-refractivity contribution is 6.09. The van der Waals surface area contributed by atoms with Gasteiger partial charge in [-0.3, -0.25) is 9.78 Å². The lowest BCUT2D eigenvalue weighted by atomic mass is 10.0. The number of ether oxygens (including phenoxy) is 3. The third-order valence-corrected chi connectivity index (χ3v) is 3.10. The van der Waals surface area contributed by atoms with Crippen LogP contribution in [-0.4, -0.2) is 32.1 Å². The van der Waals surface area contributed by atoms with Gasteiger partial charge >= 0.3 is 0 Å². The first-order valence-corrected chi connectivity index (χ1v) is 6.38. The van der Waals surface area contributed by atoms with Gasteiger partial charge in [-0.2, -0.15) is 0 Å². The zero-order valence-corrected chi connectivity index (χ0v) is 12.5. The van der Waals surface area contributed by atoms with Crippen LogP contribution < -0.4 is 14.2 Å². The highest BCUT2D eigenvalue weighted by Crippen LogP contribution is 2.38. The molecule has 5 nitrogen and oxygen atoms in total. The fraction of sp³-hybridized carbons (Fsp3) is 0.250. The molecule has 0 saturated carbocycles. The highest BCUT2D eigenvalue weighted by atomic mass is 16.5. The number of benzene rings is 1. The molecule has 0 bridgehead atoms. The van der Waals surface area contributed by atoms with Gasteiger partial charge in [0.2, 0.25) is 5.75 Å². The van der Waals surface area contributed by atoms with E-state index in [1.54, 1.807) is 30.5 Å². The van der Waals surface area contributed by atoms with Gasteiger partial charge in [0.25, 0.3) is 0 Å². The summed E-state index contributed by atoms with van der Waals surface area (Å²) in [5.74, 6) is 1.20. The maximum atomic E-state index is 12.5. The van der Waals surface area contributed by atoms with Crippen LogP contribution in [0.3, 0.4) is 0 Å². The summed E-state index contributed by atoms with van der Waals surface area (Å²) in [6.45, 7) is 1.87. The molecule has 2 rings (SSSR count). The predicted octanol–water partition coefficient (Wildman–Crippen LogP) is 2.65. The molecule has 0 fully saturated rings. The van der Waals surface area contributed by atoms with Crippen LogP contribution in [0.1, 0.15) is 21.6 Å². The molecule has 1 aromatic carbocycles. The molecule has 0 atom stereocenters. The SMILES string of the molecule is COc1cc(C(=O)c2ccc(C)nc2)cc(OC)c1OC. The summed E-state index contributed by atoms with van der Waals surface area (Å²) < 4.78 is 15.7. The third kappa shape index (κ3) is 2.97. The van der Waals surface area contributed by atoms with Crippen molar-refractivity contribution in [3.05, 3.63) is 47.3 Å². The van der Waals surface area contributed by atoms with Crippen LogP contribution in [0.2, 0.25) is 0 Å². The number of aromatic nitrogens is 1. The fourth-order valence-corrected chi connectivity index (χ4v) is 1.98. The molecule has 0 spiro atoms. The van der Waals surface area contributed by atoms with Crippen molar-refractivity contribution in [3.63, 3.8) is 0 Å². The molecule has 5 heteroatoms. The smallest absolute Gasteiger partial charge is 0.203 e. The lowest BCUT2D eigenvalue weighted by Crippen LogP contribution is -2.04. The van der Waals surface area contributed by atoms with Crippen molar-refractivity contribution in [2.45, 2.75) is 6.92 Å². The molecule has 0 saturated heterocycles. The number of hydrogen-bond donors (Lipinski definition) is 0. The quantitative estimate of drug-likeness (QED) is 0.791. The summed E-state index contributed by atoms with van der Waals surface area (Å²) in [6.07, 6.45) is 1.56. The number of rotatable bonds is 5. The minimum atomic E-state index is -0.151. The Morgan fingerprint density at radius 1 is 0.952 bits per heavy atom. The maximum Gasteiger partial charge on any atom is 0.203 e. The molecule has 0 aliphatic heterocycles. The topological polar surface area (TPSA) is 57.7 Å². The van der Waals surface area contributed by atoms with Crippen molar-refractivity contribution >= 4 is 5.78 Å². The van der Waals surface area contributed by atoms with Gasteiger partial charge in [-0.1, -0.05) is 0 Å². The predicted molar refractivity (Wildman–Crippen MR) is 78.5 cm³/mol. The van der Waals surface area contributed by atoms with E-state index >= 15 is 0 Å². The average Bonchev–Trinajstić information content (AvgIpc) is 2.53. The normalized spacial score (nSPS) is 10.1. The number of nitrogens with zero attached hydrogens (tertiary/aromatic N) is 1. The molecule has 0 unspecified atom stereocenters. The number of methoxy groups -OCH3 is 3. The van der Waals surface area contributed by atoms with E-state index in [2.05, 4.69) is 4.98 Å². The molecule has 2 aromatic rings. The van der Waals surface area contributed by atoms with E-state index in [4.69, 9.17) is 14.2 Å². The van der Waals surface area contributed by atoms with E-state index in [-0.39, 0.29) is 5.78 Å². The second-order valence-electron chi connectivity index (χ2n) is 4.43. The van der Waals surface area contributed by atoms with E-state index < -0.39 is 0 Å². The number of carbonyl (C=O) groups excluding carboxylic acids is 1. The number of hydrogen-bond acceptors (Lipinski definition) is 5. The van der Waals surface area contributed by atoms with Gasteiger partial charge in [0.1, 0.15) is 0 Å². The standard InChI is InChI=1S/C16H17NO4/c1-10-5-6-11(9-17-10)15(18)12-7-13(19-2)16(21-4)14(8-12)20-3/h5-9H,1-4H3. The second-order valence-corrected chi connectivity index (χ2v) is 4.43. The monoisotopic (exact) mass is 287 g/mol. The Hall–Kier alpha value is -2.56. The van der Waals surface area contributed by atoms with Gasteiger partial charge in [0.15, 0.2) is 17.3 Å². The zero-order chi connectivity index (χ0) is 15.4. The van der Waals surface area contributed by atoms with Crippen LogP contribution in [0.15, 0.2) is 30.5 Å². The first-order valence-electron chi connectivity index (χ1n) is 6.38. The molecule has 0 amide bonds. The molecule has 21 heavy (non-hydrogen) atoms. The van der Waals surface area contributed by atoms with Crippen LogP contribution in [0.4, 0.5) is 0 Å². The molecule has 0 aliphatic rings. The Balaban J connectivity index is 2.48. The number of ketones is 1. The van der Waals surface area contributed by atoms with Crippen LogP contribution in [-0.2, 0) is 0 Å². The molecular formula is C16H17NO4. The molecule has 0 aliphatic carbocycles. The van der Waals surface area contributed by atoms with Crippen molar-refractivity contribution in [2.24, 2.45) is 0 Å². The Morgan fingerprint density at radius 2 is 1.57 bits per heavy atom. The van der Waals surface area contributed by atoms with Gasteiger partial charge in [0.05, 0.1) is 21.3 Å². The van der Waals surface area contributed by atoms with Crippen molar-refractivity contribution in [3.8, 4) is 17.2 Å². The number of carbonyl (C=O) groups is 1. The minimum Gasteiger partial charge on any atom is -0.493 e. The van der Waals surface area contributed by atoms with Crippen LogP contribution >= 0.6 is 0 Å². The molecule has 0 N–H and O–H groups in total. The summed E-state index contributed by atoms with van der Waals surface area (Å²) in [7, 11) is 4.55. The lowest BCUT2D eigenvalue weighted by Gasteiger charge is -2.13. The molecular weight excluding hydrogens is 270 g/mol. The summed E-state index contributed by atoms with van der Waals surface area (Å²) >= 11 is 0. The average molecular weight is 287 g/mol. The Labute approximate surface area is 123 Å². The van der Waals surface area contributed by atoms with E-state index in [0.29, 0.717) is 28.4 Å². The van der Waals surface area contributed by atoms with E-state index in [1.165, 1.54) is 21.3 Å². The van der Waals surface area contributed by atoms with E-state index in [0.717, 1.165) is 5.69 Å². The molecule has 1 aromatic heterocycles. The molecule has 1 heterocycles. The van der Waals surface area contributed by atoms with E-state index in [1.807, 2.05) is 6.92 Å². The second kappa shape index (κ2) is 6.26. The first-order chi connectivity index (χ1) is 10.1. The zero-order valence-electron chi connectivity index (χ0n) is 12.5. The Kier molecular flexibility index (Phi) is 4.42. The maximum absolute atomic E-state index is 12.5. The molecule has 0 radical (unpaired) electrons. The third-order valence-electron chi connectivity index (χ3n) is 3.10. The van der Waals surface area contributed by atoms with Crippen molar-refractivity contribution in [1.82, 2.24) is 4.98 Å². The van der Waals surface area contributed by atoms with Gasteiger partial charge < -0.3 is 14.2 Å². The van der Waals surface area contributed by atoms with Crippen molar-refractivity contribution in [2.75, 3.05) is 21.3 Å². The van der Waals surface area contributed by atoms with Gasteiger partial charge in [-0.25, -0.2) is 0 Å². The number of aryl methyl sites for hydroxylation is 1. The summed E-state index contributed by atoms with van der Waals surface area (Å²) in [5.41, 5.74) is 1.82. The van der Waals surface area contributed by atoms with Crippen LogP contribution in [0.25, 0.3) is 0 Å². The van der Waals surface area contributed by atoms with Crippen molar-refractivity contribution in [1.29, 1.82) is 0 Å². The van der Waals surface area contributed by atoms with Gasteiger partial charge in [-0.15, -0.1) is 0 Å².